The van der Waals surface area contributed by atoms with Gasteiger partial charge >= 0.3 is 0 Å². The third-order valence-electron chi connectivity index (χ3n) is 5.22. The number of rotatable bonds is 5. The molecule has 0 unspecified atom stereocenters. The van der Waals surface area contributed by atoms with Gasteiger partial charge in [0.2, 0.25) is 5.91 Å². The van der Waals surface area contributed by atoms with Gasteiger partial charge in [-0.05, 0) is 24.3 Å². The lowest BCUT2D eigenvalue weighted by Crippen LogP contribution is -2.43. The average molecular weight is 326 g/mol. The lowest BCUT2D eigenvalue weighted by molar-refractivity contribution is -0.135. The molecule has 2 atom stereocenters. The van der Waals surface area contributed by atoms with E-state index in [9.17, 15) is 4.79 Å². The van der Waals surface area contributed by atoms with Crippen molar-refractivity contribution in [1.29, 1.82) is 0 Å². The Morgan fingerprint density at radius 1 is 1.25 bits per heavy atom. The lowest BCUT2D eigenvalue weighted by Gasteiger charge is -2.35. The van der Waals surface area contributed by atoms with Crippen molar-refractivity contribution in [2.75, 3.05) is 13.1 Å². The van der Waals surface area contributed by atoms with Crippen LogP contribution in [0.5, 0.6) is 0 Å². The molecule has 1 aromatic heterocycles. The fourth-order valence-electron chi connectivity index (χ4n) is 3.56. The Bertz CT molecular complexity index is 633. The van der Waals surface area contributed by atoms with E-state index in [4.69, 9.17) is 0 Å². The molecule has 0 spiro atoms. The van der Waals surface area contributed by atoms with Crippen molar-refractivity contribution < 1.29 is 4.79 Å². The van der Waals surface area contributed by atoms with Gasteiger partial charge in [0, 0.05) is 13.1 Å². The van der Waals surface area contributed by atoms with E-state index in [-0.39, 0.29) is 11.8 Å². The molecule has 1 aliphatic heterocycles. The Labute approximate surface area is 143 Å². The number of aromatic nitrogens is 3. The quantitative estimate of drug-likeness (QED) is 0.847. The van der Waals surface area contributed by atoms with E-state index in [1.54, 1.807) is 12.7 Å². The molecule has 0 N–H and O–H groups in total. The summed E-state index contributed by atoms with van der Waals surface area (Å²) < 4.78 is 1.92. The number of amides is 1. The summed E-state index contributed by atoms with van der Waals surface area (Å²) in [6, 6.07) is 10.6. The minimum Gasteiger partial charge on any atom is -0.342 e. The van der Waals surface area contributed by atoms with Crippen molar-refractivity contribution in [1.82, 2.24) is 19.7 Å². The molecule has 2 heterocycles. The predicted molar refractivity (Wildman–Crippen MR) is 93.5 cm³/mol. The highest BCUT2D eigenvalue weighted by Crippen LogP contribution is 2.31. The Morgan fingerprint density at radius 2 is 1.96 bits per heavy atom. The Hall–Kier alpha value is -2.17. The van der Waals surface area contributed by atoms with Crippen LogP contribution in [0, 0.1) is 5.92 Å². The van der Waals surface area contributed by atoms with Crippen LogP contribution >= 0.6 is 0 Å². The summed E-state index contributed by atoms with van der Waals surface area (Å²) in [5.41, 5.74) is 1.13. The molecule has 1 aromatic carbocycles. The Morgan fingerprint density at radius 3 is 2.54 bits per heavy atom. The van der Waals surface area contributed by atoms with Crippen LogP contribution in [0.25, 0.3) is 0 Å². The third kappa shape index (κ3) is 3.50. The molecule has 128 valence electrons. The number of nitrogens with zero attached hydrogens (tertiary/aromatic N) is 4. The number of piperidine rings is 1. The molecule has 0 aliphatic carbocycles. The fourth-order valence-corrected chi connectivity index (χ4v) is 3.56. The van der Waals surface area contributed by atoms with E-state index in [1.165, 1.54) is 0 Å². The van der Waals surface area contributed by atoms with Crippen LogP contribution in [0.2, 0.25) is 0 Å². The van der Waals surface area contributed by atoms with Crippen LogP contribution < -0.4 is 0 Å². The summed E-state index contributed by atoms with van der Waals surface area (Å²) in [5.74, 6) is 0.569. The van der Waals surface area contributed by atoms with Gasteiger partial charge in [0.1, 0.15) is 12.7 Å². The number of carbonyl (C=O) groups excluding carboxylic acids is 1. The molecule has 0 saturated carbocycles. The number of hydrogen-bond acceptors (Lipinski definition) is 3. The van der Waals surface area contributed by atoms with Crippen molar-refractivity contribution in [2.24, 2.45) is 5.92 Å². The Kier molecular flexibility index (Phi) is 5.28. The summed E-state index contributed by atoms with van der Waals surface area (Å²) in [5, 5.41) is 4.24. The van der Waals surface area contributed by atoms with Gasteiger partial charge in [0.15, 0.2) is 0 Å². The molecule has 2 aromatic rings. The molecule has 1 fully saturated rings. The molecule has 3 rings (SSSR count). The van der Waals surface area contributed by atoms with E-state index >= 15 is 0 Å². The highest BCUT2D eigenvalue weighted by Gasteiger charge is 2.32. The van der Waals surface area contributed by atoms with Crippen LogP contribution in [0.4, 0.5) is 0 Å². The molecule has 0 radical (unpaired) electrons. The van der Waals surface area contributed by atoms with Crippen molar-refractivity contribution in [3.63, 3.8) is 0 Å². The maximum Gasteiger partial charge on any atom is 0.230 e. The fraction of sp³-hybridized carbons (Fsp3) is 0.526. The summed E-state index contributed by atoms with van der Waals surface area (Å²) in [4.78, 5) is 19.2. The molecule has 5 heteroatoms. The molecule has 1 amide bonds. The first-order valence-electron chi connectivity index (χ1n) is 8.88. The Balaban J connectivity index is 1.70. The van der Waals surface area contributed by atoms with Crippen LogP contribution in [0.1, 0.15) is 50.6 Å². The maximum absolute atomic E-state index is 13.2. The van der Waals surface area contributed by atoms with Gasteiger partial charge in [-0.2, -0.15) is 5.10 Å². The highest BCUT2D eigenvalue weighted by molar-refractivity contribution is 5.84. The van der Waals surface area contributed by atoms with Gasteiger partial charge in [-0.3, -0.25) is 4.79 Å². The summed E-state index contributed by atoms with van der Waals surface area (Å²) in [6.07, 6.45) is 6.23. The largest absolute Gasteiger partial charge is 0.342 e. The smallest absolute Gasteiger partial charge is 0.230 e. The summed E-state index contributed by atoms with van der Waals surface area (Å²) in [6.45, 7) is 5.93. The molecule has 0 bridgehead atoms. The van der Waals surface area contributed by atoms with E-state index < -0.39 is 0 Å². The van der Waals surface area contributed by atoms with Gasteiger partial charge in [0.05, 0.1) is 12.0 Å². The maximum atomic E-state index is 13.2. The van der Waals surface area contributed by atoms with Crippen molar-refractivity contribution in [2.45, 2.75) is 45.1 Å². The van der Waals surface area contributed by atoms with Gasteiger partial charge in [-0.15, -0.1) is 0 Å². The zero-order valence-electron chi connectivity index (χ0n) is 14.5. The zero-order chi connectivity index (χ0) is 16.9. The monoisotopic (exact) mass is 326 g/mol. The standard InChI is InChI=1S/C19H26N4O/c1-3-15(2)18(16-7-5-4-6-8-16)19(24)22-11-9-17(10-12-22)23-14-20-13-21-23/h4-8,13-15,17-18H,3,9-12H2,1-2H3/t15-,18-/m0/s1. The molecule has 5 nitrogen and oxygen atoms in total. The van der Waals surface area contributed by atoms with Crippen LogP contribution in [0.15, 0.2) is 43.0 Å². The number of carbonyl (C=O) groups is 1. The van der Waals surface area contributed by atoms with E-state index in [0.29, 0.717) is 12.0 Å². The third-order valence-corrected chi connectivity index (χ3v) is 5.22. The SMILES string of the molecule is CC[C@H](C)[C@H](C(=O)N1CCC(n2cncn2)CC1)c1ccccc1. The van der Waals surface area contributed by atoms with Gasteiger partial charge in [-0.25, -0.2) is 9.67 Å². The highest BCUT2D eigenvalue weighted by atomic mass is 16.2. The number of likely N-dealkylation sites (tertiary alicyclic amines) is 1. The molecule has 1 aliphatic rings. The second kappa shape index (κ2) is 7.60. The zero-order valence-corrected chi connectivity index (χ0v) is 14.5. The van der Waals surface area contributed by atoms with E-state index in [0.717, 1.165) is 37.9 Å². The second-order valence-corrected chi connectivity index (χ2v) is 6.71. The average Bonchev–Trinajstić information content (AvgIpc) is 3.17. The van der Waals surface area contributed by atoms with Crippen LogP contribution in [0.3, 0.4) is 0 Å². The van der Waals surface area contributed by atoms with Crippen LogP contribution in [-0.2, 0) is 4.79 Å². The van der Waals surface area contributed by atoms with Gasteiger partial charge < -0.3 is 4.90 Å². The molecular weight excluding hydrogens is 300 g/mol. The predicted octanol–water partition coefficient (Wildman–Crippen LogP) is 3.27. The molecular formula is C19H26N4O. The first-order valence-corrected chi connectivity index (χ1v) is 8.88. The van der Waals surface area contributed by atoms with E-state index in [1.807, 2.05) is 27.8 Å². The minimum atomic E-state index is -0.0425. The van der Waals surface area contributed by atoms with E-state index in [2.05, 4.69) is 36.1 Å². The summed E-state index contributed by atoms with van der Waals surface area (Å²) in [7, 11) is 0. The first-order chi connectivity index (χ1) is 11.7. The first kappa shape index (κ1) is 16.7. The molecule has 1 saturated heterocycles. The van der Waals surface area contributed by atoms with Crippen molar-refractivity contribution >= 4 is 5.91 Å². The van der Waals surface area contributed by atoms with Gasteiger partial charge in [-0.1, -0.05) is 50.6 Å². The van der Waals surface area contributed by atoms with Crippen LogP contribution in [-0.4, -0.2) is 38.7 Å². The van der Waals surface area contributed by atoms with Crippen molar-refractivity contribution in [3.05, 3.63) is 48.5 Å². The minimum absolute atomic E-state index is 0.0425. The topological polar surface area (TPSA) is 51.0 Å². The summed E-state index contributed by atoms with van der Waals surface area (Å²) >= 11 is 0. The molecule has 24 heavy (non-hydrogen) atoms. The lowest BCUT2D eigenvalue weighted by atomic mass is 9.84. The normalized spacial score (nSPS) is 18.3. The van der Waals surface area contributed by atoms with Crippen molar-refractivity contribution in [3.8, 4) is 0 Å². The number of benzene rings is 1. The van der Waals surface area contributed by atoms with Gasteiger partial charge in [0.25, 0.3) is 0 Å². The number of hydrogen-bond donors (Lipinski definition) is 0. The second-order valence-electron chi connectivity index (χ2n) is 6.71.